The van der Waals surface area contributed by atoms with E-state index in [2.05, 4.69) is 97.9 Å². The van der Waals surface area contributed by atoms with Gasteiger partial charge in [0.15, 0.2) is 0 Å². The number of benzene rings is 3. The SMILES string of the molecule is CCCCC1CCC([SiH](c2ccccc2)[SiH](c2ccccc2)C2CCC3C2CC2CCCC2C3c2ccccc2)C1.[CH3-].[CH3-].[Cl][Zr+2][Cl]. The summed E-state index contributed by atoms with van der Waals surface area (Å²) in [5.74, 6) is 5.63. The van der Waals surface area contributed by atoms with E-state index in [1.54, 1.807) is 18.4 Å². The molecule has 7 rings (SSSR count). The summed E-state index contributed by atoms with van der Waals surface area (Å²) < 4.78 is 0. The van der Waals surface area contributed by atoms with E-state index in [0.717, 1.165) is 46.6 Å². The van der Waals surface area contributed by atoms with E-state index in [0.29, 0.717) is 0 Å². The average Bonchev–Trinajstić information content (AvgIpc) is 3.83. The molecule has 5 heteroatoms. The van der Waals surface area contributed by atoms with Crippen LogP contribution in [0.4, 0.5) is 0 Å². The van der Waals surface area contributed by atoms with Crippen molar-refractivity contribution in [1.29, 1.82) is 0 Å². The van der Waals surface area contributed by atoms with Gasteiger partial charge < -0.3 is 14.9 Å². The maximum absolute atomic E-state index is 4.93. The standard InChI is InChI=1S/C39H52Si2.2CH3.2ClH.Zr/c1-2-3-14-29-23-24-34(27-29)40(32-18-9-5-10-19-32)41(33-20-11-6-12-21-33)38-26-25-36-37(38)28-31-17-13-22-35(31)39(36)30-15-7-4-8-16-30;;;;;/h4-12,15-16,18-21,29,31,34-41H,2-3,13-14,17,22-28H2,1H3;2*1H3;2*1H;/q;2*-1;;;+4/p-2. The Morgan fingerprint density at radius 3 is 1.89 bits per heavy atom. The van der Waals surface area contributed by atoms with Gasteiger partial charge in [0.25, 0.3) is 0 Å². The first kappa shape index (κ1) is 38.4. The second-order valence-electron chi connectivity index (χ2n) is 14.6. The fourth-order valence-electron chi connectivity index (χ4n) is 11.1. The van der Waals surface area contributed by atoms with Gasteiger partial charge in [0.1, 0.15) is 0 Å². The average molecular weight is 769 g/mol. The molecule has 10 unspecified atom stereocenters. The molecule has 4 saturated carbocycles. The van der Waals surface area contributed by atoms with Crippen molar-refractivity contribution in [3.63, 3.8) is 0 Å². The van der Waals surface area contributed by atoms with Crippen LogP contribution in [-0.4, -0.2) is 16.6 Å². The van der Waals surface area contributed by atoms with Gasteiger partial charge in [0, 0.05) is 0 Å². The van der Waals surface area contributed by atoms with Crippen LogP contribution in [0.1, 0.15) is 95.5 Å². The molecular weight excluding hydrogens is 711 g/mol. The van der Waals surface area contributed by atoms with Gasteiger partial charge in [-0.3, -0.25) is 0 Å². The van der Waals surface area contributed by atoms with Crippen LogP contribution in [-0.2, 0) is 20.8 Å². The first-order chi connectivity index (χ1) is 21.7. The van der Waals surface area contributed by atoms with Crippen LogP contribution < -0.4 is 10.4 Å². The minimum absolute atomic E-state index is 0. The Hall–Kier alpha value is -0.443. The molecule has 248 valence electrons. The van der Waals surface area contributed by atoms with Gasteiger partial charge in [-0.15, -0.1) is 0 Å². The fraction of sp³-hybridized carbons (Fsp3) is 0.512. The second-order valence-corrected chi connectivity index (χ2v) is 27.9. The molecule has 0 bridgehead atoms. The fourth-order valence-corrected chi connectivity index (χ4v) is 27.8. The van der Waals surface area contributed by atoms with Crippen LogP contribution >= 0.6 is 17.0 Å². The third kappa shape index (κ3) is 8.64. The molecule has 4 aliphatic carbocycles. The quantitative estimate of drug-likeness (QED) is 0.150. The van der Waals surface area contributed by atoms with E-state index in [4.69, 9.17) is 17.0 Å². The second kappa shape index (κ2) is 19.1. The predicted molar refractivity (Wildman–Crippen MR) is 206 cm³/mol. The number of hydrogen-bond donors (Lipinski definition) is 0. The van der Waals surface area contributed by atoms with Crippen LogP contribution in [0, 0.1) is 44.4 Å². The first-order valence-electron chi connectivity index (χ1n) is 17.8. The summed E-state index contributed by atoms with van der Waals surface area (Å²) in [6.07, 6.45) is 17.9. The van der Waals surface area contributed by atoms with Crippen LogP contribution in [0.2, 0.25) is 11.1 Å². The molecule has 4 aliphatic rings. The zero-order valence-electron chi connectivity index (χ0n) is 28.7. The first-order valence-corrected chi connectivity index (χ1v) is 29.3. The topological polar surface area (TPSA) is 0 Å². The number of fused-ring (bicyclic) bond motifs is 2. The Morgan fingerprint density at radius 2 is 1.26 bits per heavy atom. The molecule has 0 N–H and O–H groups in total. The van der Waals surface area contributed by atoms with Gasteiger partial charge >= 0.3 is 37.9 Å². The molecule has 3 aromatic carbocycles. The zero-order valence-corrected chi connectivity index (χ0v) is 35.0. The van der Waals surface area contributed by atoms with Crippen molar-refractivity contribution in [2.45, 2.75) is 101 Å². The molecule has 0 nitrogen and oxygen atoms in total. The third-order valence-corrected chi connectivity index (χ3v) is 26.8. The van der Waals surface area contributed by atoms with Gasteiger partial charge in [-0.25, -0.2) is 0 Å². The molecular formula is C41H58Cl2Si2Zr. The zero-order chi connectivity index (χ0) is 30.3. The van der Waals surface area contributed by atoms with Crippen molar-refractivity contribution in [3.8, 4) is 0 Å². The van der Waals surface area contributed by atoms with Crippen molar-refractivity contribution in [2.75, 3.05) is 0 Å². The molecule has 0 spiro atoms. The molecule has 0 aliphatic heterocycles. The number of unbranched alkanes of at least 4 members (excludes halogenated alkanes) is 1. The van der Waals surface area contributed by atoms with E-state index in [1.807, 2.05) is 10.4 Å². The summed E-state index contributed by atoms with van der Waals surface area (Å²) in [7, 11) is 7.50. The Morgan fingerprint density at radius 1 is 0.652 bits per heavy atom. The van der Waals surface area contributed by atoms with Gasteiger partial charge in [-0.1, -0.05) is 166 Å². The van der Waals surface area contributed by atoms with E-state index in [-0.39, 0.29) is 14.9 Å². The summed E-state index contributed by atoms with van der Waals surface area (Å²) in [5.41, 5.74) is 3.70. The van der Waals surface area contributed by atoms with Gasteiger partial charge in [0.05, 0.1) is 16.6 Å². The van der Waals surface area contributed by atoms with Crippen LogP contribution in [0.3, 0.4) is 0 Å². The summed E-state index contributed by atoms with van der Waals surface area (Å²) >= 11 is -0.826. The summed E-state index contributed by atoms with van der Waals surface area (Å²) in [5, 5.41) is 3.66. The van der Waals surface area contributed by atoms with E-state index in [1.165, 1.54) is 64.2 Å². The van der Waals surface area contributed by atoms with Gasteiger partial charge in [0.2, 0.25) is 0 Å². The molecule has 0 saturated heterocycles. The third-order valence-electron chi connectivity index (χ3n) is 12.6. The van der Waals surface area contributed by atoms with Crippen molar-refractivity contribution in [1.82, 2.24) is 0 Å². The number of hydrogen-bond acceptors (Lipinski definition) is 0. The summed E-state index contributed by atoms with van der Waals surface area (Å²) in [6, 6.07) is 36.3. The molecule has 4 fully saturated rings. The molecule has 0 heterocycles. The Balaban J connectivity index is 0.000000926. The molecule has 10 atom stereocenters. The maximum atomic E-state index is 4.93. The Bertz CT molecular complexity index is 1260. The van der Waals surface area contributed by atoms with Crippen molar-refractivity contribution >= 4 is 44.0 Å². The van der Waals surface area contributed by atoms with E-state index in [9.17, 15) is 0 Å². The molecule has 3 aromatic rings. The molecule has 0 amide bonds. The normalized spacial score (nSPS) is 30.7. The van der Waals surface area contributed by atoms with Crippen molar-refractivity contribution in [2.24, 2.45) is 29.6 Å². The van der Waals surface area contributed by atoms with Gasteiger partial charge in [-0.05, 0) is 71.4 Å². The predicted octanol–water partition coefficient (Wildman–Crippen LogP) is 11.0. The van der Waals surface area contributed by atoms with Crippen LogP contribution in [0.5, 0.6) is 0 Å². The summed E-state index contributed by atoms with van der Waals surface area (Å²) in [6.45, 7) is 2.38. The monoisotopic (exact) mass is 766 g/mol. The molecule has 0 radical (unpaired) electrons. The number of halogens is 2. The van der Waals surface area contributed by atoms with Gasteiger partial charge in [-0.2, -0.15) is 0 Å². The van der Waals surface area contributed by atoms with Crippen molar-refractivity contribution < 1.29 is 20.8 Å². The number of rotatable bonds is 9. The van der Waals surface area contributed by atoms with Crippen molar-refractivity contribution in [3.05, 3.63) is 111 Å². The van der Waals surface area contributed by atoms with Crippen LogP contribution in [0.15, 0.2) is 91.0 Å². The summed E-state index contributed by atoms with van der Waals surface area (Å²) in [4.78, 5) is 0. The minimum atomic E-state index is -1.21. The Labute approximate surface area is 304 Å². The molecule has 46 heavy (non-hydrogen) atoms. The van der Waals surface area contributed by atoms with E-state index >= 15 is 0 Å². The Kier molecular flexibility index (Phi) is 15.9. The van der Waals surface area contributed by atoms with Crippen LogP contribution in [0.25, 0.3) is 0 Å². The molecule has 0 aromatic heterocycles. The van der Waals surface area contributed by atoms with E-state index < -0.39 is 37.5 Å².